The third-order valence-electron chi connectivity index (χ3n) is 4.30. The molecule has 0 radical (unpaired) electrons. The van der Waals surface area contributed by atoms with Gasteiger partial charge in [0.25, 0.3) is 0 Å². The van der Waals surface area contributed by atoms with E-state index in [-0.39, 0.29) is 0 Å². The largest absolute Gasteiger partial charge is 0.316 e. The zero-order valence-electron chi connectivity index (χ0n) is 11.7. The van der Waals surface area contributed by atoms with E-state index in [0.29, 0.717) is 12.0 Å². The Morgan fingerprint density at radius 3 is 3.10 bits per heavy atom. The summed E-state index contributed by atoms with van der Waals surface area (Å²) in [6.45, 7) is 0. The quantitative estimate of drug-likeness (QED) is 0.867. The highest BCUT2D eigenvalue weighted by Crippen LogP contribution is 2.37. The molecule has 3 rings (SSSR count). The van der Waals surface area contributed by atoms with Crippen molar-refractivity contribution < 1.29 is 0 Å². The minimum Gasteiger partial charge on any atom is -0.316 e. The summed E-state index contributed by atoms with van der Waals surface area (Å²) in [5, 5.41) is 6.61. The first-order chi connectivity index (χ1) is 9.78. The van der Waals surface area contributed by atoms with Gasteiger partial charge in [-0.3, -0.25) is 0 Å². The minimum atomic E-state index is 0.488. The Morgan fingerprint density at radius 1 is 1.40 bits per heavy atom. The summed E-state index contributed by atoms with van der Waals surface area (Å²) < 4.78 is 0. The molecular formula is C17H20ClNS. The lowest BCUT2D eigenvalue weighted by molar-refractivity contribution is 0.414. The molecule has 2 aromatic rings. The second kappa shape index (κ2) is 6.30. The fourth-order valence-electron chi connectivity index (χ4n) is 3.30. The normalized spacial score (nSPS) is 19.6. The van der Waals surface area contributed by atoms with Crippen molar-refractivity contribution in [3.63, 3.8) is 0 Å². The summed E-state index contributed by atoms with van der Waals surface area (Å²) in [6, 6.07) is 11.1. The Kier molecular flexibility index (Phi) is 4.45. The number of fused-ring (bicyclic) bond motifs is 1. The van der Waals surface area contributed by atoms with E-state index in [1.807, 2.05) is 23.5 Å². The van der Waals surface area contributed by atoms with E-state index < -0.39 is 0 Å². The molecule has 0 amide bonds. The number of benzene rings is 1. The lowest BCUT2D eigenvalue weighted by atomic mass is 9.80. The topological polar surface area (TPSA) is 12.0 Å². The molecule has 1 aliphatic rings. The van der Waals surface area contributed by atoms with Crippen molar-refractivity contribution in [2.45, 2.75) is 37.6 Å². The first-order valence-corrected chi connectivity index (χ1v) is 8.51. The van der Waals surface area contributed by atoms with Gasteiger partial charge in [-0.15, -0.1) is 11.3 Å². The van der Waals surface area contributed by atoms with Crippen molar-refractivity contribution in [1.29, 1.82) is 0 Å². The highest BCUT2D eigenvalue weighted by atomic mass is 35.5. The number of nitrogens with one attached hydrogen (secondary N) is 1. The number of likely N-dealkylation sites (N-methyl/N-ethyl adjacent to an activating group) is 1. The maximum atomic E-state index is 6.10. The van der Waals surface area contributed by atoms with Crippen LogP contribution in [0, 0.1) is 0 Å². The van der Waals surface area contributed by atoms with Crippen LogP contribution in [0.25, 0.3) is 0 Å². The van der Waals surface area contributed by atoms with Gasteiger partial charge in [-0.25, -0.2) is 0 Å². The average molecular weight is 306 g/mol. The molecule has 1 N–H and O–H groups in total. The van der Waals surface area contributed by atoms with Gasteiger partial charge in [-0.1, -0.05) is 23.7 Å². The summed E-state index contributed by atoms with van der Waals surface area (Å²) in [5.74, 6) is 0.633. The van der Waals surface area contributed by atoms with Crippen LogP contribution in [0.3, 0.4) is 0 Å². The number of halogens is 1. The number of thiophene rings is 1. The van der Waals surface area contributed by atoms with Gasteiger partial charge in [0, 0.05) is 21.9 Å². The summed E-state index contributed by atoms with van der Waals surface area (Å²) in [6.07, 6.45) is 4.90. The molecule has 1 aromatic heterocycles. The fourth-order valence-corrected chi connectivity index (χ4v) is 4.51. The molecule has 0 spiro atoms. The number of hydrogen-bond acceptors (Lipinski definition) is 2. The van der Waals surface area contributed by atoms with Crippen molar-refractivity contribution in [3.8, 4) is 0 Å². The van der Waals surface area contributed by atoms with Crippen LogP contribution in [0.4, 0.5) is 0 Å². The van der Waals surface area contributed by atoms with E-state index in [1.165, 1.54) is 24.8 Å². The Labute approximate surface area is 130 Å². The standard InChI is InChI=1S/C17H20ClNS/c1-19-16(11-12-4-2-5-13(18)10-12)14-6-3-7-17-15(14)8-9-20-17/h2,4-5,8-10,14,16,19H,3,6-7,11H2,1H3. The van der Waals surface area contributed by atoms with Crippen molar-refractivity contribution in [1.82, 2.24) is 5.32 Å². The summed E-state index contributed by atoms with van der Waals surface area (Å²) in [5.41, 5.74) is 2.89. The Bertz CT molecular complexity index is 578. The predicted molar refractivity (Wildman–Crippen MR) is 88.0 cm³/mol. The second-order valence-corrected chi connectivity index (χ2v) is 6.96. The van der Waals surface area contributed by atoms with Gasteiger partial charge >= 0.3 is 0 Å². The summed E-state index contributed by atoms with van der Waals surface area (Å²) in [4.78, 5) is 1.59. The van der Waals surface area contributed by atoms with E-state index in [4.69, 9.17) is 11.6 Å². The van der Waals surface area contributed by atoms with E-state index in [9.17, 15) is 0 Å². The molecule has 2 unspecified atom stereocenters. The van der Waals surface area contributed by atoms with Crippen molar-refractivity contribution in [2.75, 3.05) is 7.05 Å². The summed E-state index contributed by atoms with van der Waals surface area (Å²) >= 11 is 8.02. The van der Waals surface area contributed by atoms with Crippen molar-refractivity contribution >= 4 is 22.9 Å². The number of aryl methyl sites for hydroxylation is 1. The molecule has 0 fully saturated rings. The zero-order valence-corrected chi connectivity index (χ0v) is 13.3. The van der Waals surface area contributed by atoms with E-state index in [2.05, 4.69) is 35.9 Å². The molecule has 1 heterocycles. The third-order valence-corrected chi connectivity index (χ3v) is 5.53. The predicted octanol–water partition coefficient (Wildman–Crippen LogP) is 4.65. The smallest absolute Gasteiger partial charge is 0.0408 e. The van der Waals surface area contributed by atoms with Crippen molar-refractivity contribution in [2.24, 2.45) is 0 Å². The van der Waals surface area contributed by atoms with Crippen molar-refractivity contribution in [3.05, 3.63) is 56.7 Å². The Morgan fingerprint density at radius 2 is 2.30 bits per heavy atom. The van der Waals surface area contributed by atoms with Gasteiger partial charge in [-0.05, 0) is 67.4 Å². The number of rotatable bonds is 4. The average Bonchev–Trinajstić information content (AvgIpc) is 2.93. The van der Waals surface area contributed by atoms with Gasteiger partial charge in [0.2, 0.25) is 0 Å². The first-order valence-electron chi connectivity index (χ1n) is 7.26. The molecule has 1 aliphatic carbocycles. The molecule has 3 heteroatoms. The zero-order chi connectivity index (χ0) is 13.9. The molecule has 1 aromatic carbocycles. The van der Waals surface area contributed by atoms with Crippen LogP contribution in [0.15, 0.2) is 35.7 Å². The molecule has 106 valence electrons. The van der Waals surface area contributed by atoms with Gasteiger partial charge in [0.05, 0.1) is 0 Å². The Hall–Kier alpha value is -0.830. The number of hydrogen-bond donors (Lipinski definition) is 1. The monoisotopic (exact) mass is 305 g/mol. The van der Waals surface area contributed by atoms with Crippen LogP contribution in [0.5, 0.6) is 0 Å². The lowest BCUT2D eigenvalue weighted by Crippen LogP contribution is -2.35. The summed E-state index contributed by atoms with van der Waals surface area (Å²) in [7, 11) is 2.08. The van der Waals surface area contributed by atoms with E-state index >= 15 is 0 Å². The molecule has 20 heavy (non-hydrogen) atoms. The molecular weight excluding hydrogens is 286 g/mol. The molecule has 0 aliphatic heterocycles. The molecule has 0 saturated heterocycles. The molecule has 0 bridgehead atoms. The maximum absolute atomic E-state index is 6.10. The van der Waals surface area contributed by atoms with Crippen LogP contribution in [-0.2, 0) is 12.8 Å². The van der Waals surface area contributed by atoms with Gasteiger partial charge < -0.3 is 5.32 Å². The van der Waals surface area contributed by atoms with Gasteiger partial charge in [0.1, 0.15) is 0 Å². The fraction of sp³-hybridized carbons (Fsp3) is 0.412. The van der Waals surface area contributed by atoms with Crippen LogP contribution < -0.4 is 5.32 Å². The van der Waals surface area contributed by atoms with Gasteiger partial charge in [0.15, 0.2) is 0 Å². The first kappa shape index (κ1) is 14.1. The minimum absolute atomic E-state index is 0.488. The molecule has 0 saturated carbocycles. The second-order valence-electron chi connectivity index (χ2n) is 5.53. The SMILES string of the molecule is CNC(Cc1cccc(Cl)c1)C1CCCc2sccc21. The van der Waals surface area contributed by atoms with E-state index in [0.717, 1.165) is 11.4 Å². The molecule has 2 atom stereocenters. The maximum Gasteiger partial charge on any atom is 0.0408 e. The Balaban J connectivity index is 1.81. The highest BCUT2D eigenvalue weighted by molar-refractivity contribution is 7.10. The van der Waals surface area contributed by atoms with Crippen LogP contribution in [-0.4, -0.2) is 13.1 Å². The molecule has 1 nitrogen and oxygen atoms in total. The third kappa shape index (κ3) is 2.93. The van der Waals surface area contributed by atoms with E-state index in [1.54, 1.807) is 10.4 Å². The van der Waals surface area contributed by atoms with Crippen LogP contribution in [0.1, 0.15) is 34.8 Å². The highest BCUT2D eigenvalue weighted by Gasteiger charge is 2.27. The van der Waals surface area contributed by atoms with Crippen LogP contribution in [0.2, 0.25) is 5.02 Å². The van der Waals surface area contributed by atoms with Crippen LogP contribution >= 0.6 is 22.9 Å². The lowest BCUT2D eigenvalue weighted by Gasteiger charge is -2.30. The van der Waals surface area contributed by atoms with Gasteiger partial charge in [-0.2, -0.15) is 0 Å².